The lowest BCUT2D eigenvalue weighted by molar-refractivity contribution is -0.154. The molecule has 6 nitrogen and oxygen atoms in total. The molecule has 1 unspecified atom stereocenters. The summed E-state index contributed by atoms with van der Waals surface area (Å²) in [7, 11) is 1.51. The summed E-state index contributed by atoms with van der Waals surface area (Å²) in [5, 5.41) is 3.40. The fourth-order valence-electron chi connectivity index (χ4n) is 2.88. The lowest BCUT2D eigenvalue weighted by Gasteiger charge is -2.14. The van der Waals surface area contributed by atoms with Crippen molar-refractivity contribution in [2.45, 2.75) is 32.3 Å². The number of ether oxygens (including phenoxy) is 2. The van der Waals surface area contributed by atoms with Crippen LogP contribution in [0.15, 0.2) is 48.5 Å². The molecule has 158 valence electrons. The van der Waals surface area contributed by atoms with Crippen molar-refractivity contribution in [3.05, 3.63) is 59.7 Å². The van der Waals surface area contributed by atoms with Gasteiger partial charge in [0.1, 0.15) is 5.75 Å². The van der Waals surface area contributed by atoms with Crippen molar-refractivity contribution in [2.24, 2.45) is 0 Å². The van der Waals surface area contributed by atoms with E-state index in [2.05, 4.69) is 5.32 Å². The number of methoxy groups -OCH3 is 1. The van der Waals surface area contributed by atoms with Gasteiger partial charge in [-0.3, -0.25) is 0 Å². The highest BCUT2D eigenvalue weighted by Crippen LogP contribution is 2.16. The molecule has 0 heterocycles. The second-order valence-electron chi connectivity index (χ2n) is 6.54. The third-order valence-corrected chi connectivity index (χ3v) is 4.72. The van der Waals surface area contributed by atoms with E-state index in [0.717, 1.165) is 36.2 Å². The smallest absolute Gasteiger partial charge is 0.335 e. The highest BCUT2D eigenvalue weighted by Gasteiger charge is 2.19. The zero-order valence-corrected chi connectivity index (χ0v) is 18.0. The van der Waals surface area contributed by atoms with Crippen LogP contribution in [0.2, 0.25) is 0 Å². The normalized spacial score (nSPS) is 12.8. The van der Waals surface area contributed by atoms with Crippen molar-refractivity contribution < 1.29 is 22.7 Å². The summed E-state index contributed by atoms with van der Waals surface area (Å²) < 4.78 is 26.6. The minimum Gasteiger partial charge on any atom is -0.464 e. The number of esters is 1. The van der Waals surface area contributed by atoms with Crippen LogP contribution in [-0.4, -0.2) is 42.8 Å². The van der Waals surface area contributed by atoms with Crippen LogP contribution in [0, 0.1) is 0 Å². The standard InChI is InChI=1S/C22H29NO5S/c1-4-27-22(24)21(26-2)16-18-10-12-19(13-11-18)23-14-6-8-17-7-5-9-20(15-17)28-29(3)25/h5,7,9-13,15,21,23H,4,6,8,14,16H2,1-3H3/t21-,29?/m0/s1. The van der Waals surface area contributed by atoms with Gasteiger partial charge in [-0.1, -0.05) is 24.3 Å². The SMILES string of the molecule is CCOC(=O)[C@H](Cc1ccc(NCCCc2cccc(OS(C)=O)c2)cc1)OC. The molecule has 7 heteroatoms. The van der Waals surface area contributed by atoms with Gasteiger partial charge in [-0.2, -0.15) is 0 Å². The van der Waals surface area contributed by atoms with Gasteiger partial charge in [-0.15, -0.1) is 0 Å². The van der Waals surface area contributed by atoms with Gasteiger partial charge in [-0.25, -0.2) is 9.00 Å². The van der Waals surface area contributed by atoms with Gasteiger partial charge in [0.15, 0.2) is 6.10 Å². The summed E-state index contributed by atoms with van der Waals surface area (Å²) in [6.45, 7) is 2.95. The average Bonchev–Trinajstić information content (AvgIpc) is 2.70. The van der Waals surface area contributed by atoms with Crippen LogP contribution in [0.5, 0.6) is 5.75 Å². The summed E-state index contributed by atoms with van der Waals surface area (Å²) >= 11 is -1.31. The summed E-state index contributed by atoms with van der Waals surface area (Å²) in [6.07, 6.45) is 3.26. The Morgan fingerprint density at radius 3 is 2.55 bits per heavy atom. The number of anilines is 1. The number of hydrogen-bond acceptors (Lipinski definition) is 6. The molecule has 2 aromatic carbocycles. The Balaban J connectivity index is 1.77. The van der Waals surface area contributed by atoms with E-state index in [1.54, 1.807) is 13.0 Å². The molecule has 0 bridgehead atoms. The number of rotatable bonds is 12. The molecule has 2 aromatic rings. The first-order chi connectivity index (χ1) is 14.0. The van der Waals surface area contributed by atoms with Gasteiger partial charge in [0.25, 0.3) is 0 Å². The Morgan fingerprint density at radius 2 is 1.90 bits per heavy atom. The van der Waals surface area contributed by atoms with E-state index < -0.39 is 17.2 Å². The molecule has 0 saturated heterocycles. The fourth-order valence-corrected chi connectivity index (χ4v) is 3.26. The predicted octanol–water partition coefficient (Wildman–Crippen LogP) is 3.52. The van der Waals surface area contributed by atoms with Crippen molar-refractivity contribution in [3.63, 3.8) is 0 Å². The van der Waals surface area contributed by atoms with Crippen molar-refractivity contribution in [3.8, 4) is 5.75 Å². The number of carbonyl (C=O) groups excluding carboxylic acids is 1. The maximum atomic E-state index is 11.8. The minimum atomic E-state index is -1.31. The van der Waals surface area contributed by atoms with E-state index in [4.69, 9.17) is 13.7 Å². The first-order valence-corrected chi connectivity index (χ1v) is 11.1. The summed E-state index contributed by atoms with van der Waals surface area (Å²) in [6, 6.07) is 15.6. The highest BCUT2D eigenvalue weighted by molar-refractivity contribution is 7.79. The minimum absolute atomic E-state index is 0.336. The van der Waals surface area contributed by atoms with Gasteiger partial charge in [0.05, 0.1) is 6.61 Å². The van der Waals surface area contributed by atoms with Gasteiger partial charge in [0.2, 0.25) is 11.1 Å². The van der Waals surface area contributed by atoms with Gasteiger partial charge in [-0.05, 0) is 55.2 Å². The molecule has 0 aromatic heterocycles. The van der Waals surface area contributed by atoms with E-state index in [-0.39, 0.29) is 5.97 Å². The van der Waals surface area contributed by atoms with Crippen molar-refractivity contribution in [1.29, 1.82) is 0 Å². The molecule has 0 spiro atoms. The lowest BCUT2D eigenvalue weighted by Crippen LogP contribution is -2.27. The number of carbonyl (C=O) groups is 1. The molecular formula is C22H29NO5S. The zero-order chi connectivity index (χ0) is 21.1. The third kappa shape index (κ3) is 8.25. The van der Waals surface area contributed by atoms with Crippen LogP contribution in [-0.2, 0) is 38.2 Å². The molecule has 0 saturated carbocycles. The fraction of sp³-hybridized carbons (Fsp3) is 0.409. The van der Waals surface area contributed by atoms with Crippen LogP contribution in [0.4, 0.5) is 5.69 Å². The number of aryl methyl sites for hydroxylation is 1. The third-order valence-electron chi connectivity index (χ3n) is 4.29. The molecule has 0 aliphatic heterocycles. The van der Waals surface area contributed by atoms with E-state index in [0.29, 0.717) is 18.8 Å². The molecular weight excluding hydrogens is 390 g/mol. The second kappa shape index (κ2) is 12.2. The lowest BCUT2D eigenvalue weighted by atomic mass is 10.1. The first kappa shape index (κ1) is 22.9. The van der Waals surface area contributed by atoms with Crippen LogP contribution in [0.25, 0.3) is 0 Å². The monoisotopic (exact) mass is 419 g/mol. The summed E-state index contributed by atoms with van der Waals surface area (Å²) in [5.41, 5.74) is 3.19. The predicted molar refractivity (Wildman–Crippen MR) is 116 cm³/mol. The molecule has 1 N–H and O–H groups in total. The van der Waals surface area contributed by atoms with E-state index in [9.17, 15) is 9.00 Å². The molecule has 0 aliphatic rings. The second-order valence-corrected chi connectivity index (χ2v) is 7.51. The Labute approximate surface area is 175 Å². The zero-order valence-electron chi connectivity index (χ0n) is 17.2. The average molecular weight is 420 g/mol. The van der Waals surface area contributed by atoms with Crippen molar-refractivity contribution >= 4 is 22.7 Å². The van der Waals surface area contributed by atoms with Crippen molar-refractivity contribution in [2.75, 3.05) is 31.8 Å². The molecule has 0 fully saturated rings. The Bertz CT molecular complexity index is 794. The number of nitrogens with one attached hydrogen (secondary N) is 1. The maximum absolute atomic E-state index is 11.8. The van der Waals surface area contributed by atoms with Crippen LogP contribution in [0.3, 0.4) is 0 Å². The molecule has 2 atom stereocenters. The largest absolute Gasteiger partial charge is 0.464 e. The van der Waals surface area contributed by atoms with E-state index in [1.807, 2.05) is 42.5 Å². The van der Waals surface area contributed by atoms with Crippen LogP contribution < -0.4 is 9.50 Å². The van der Waals surface area contributed by atoms with Crippen molar-refractivity contribution in [1.82, 2.24) is 0 Å². The Morgan fingerprint density at radius 1 is 1.14 bits per heavy atom. The van der Waals surface area contributed by atoms with E-state index >= 15 is 0 Å². The highest BCUT2D eigenvalue weighted by atomic mass is 32.2. The molecule has 29 heavy (non-hydrogen) atoms. The summed E-state index contributed by atoms with van der Waals surface area (Å²) in [4.78, 5) is 11.8. The Hall–Kier alpha value is -2.38. The quantitative estimate of drug-likeness (QED) is 0.419. The molecule has 0 amide bonds. The van der Waals surface area contributed by atoms with Crippen LogP contribution in [0.1, 0.15) is 24.5 Å². The topological polar surface area (TPSA) is 73.9 Å². The van der Waals surface area contributed by atoms with Crippen LogP contribution >= 0.6 is 0 Å². The number of hydrogen-bond donors (Lipinski definition) is 1. The van der Waals surface area contributed by atoms with Gasteiger partial charge < -0.3 is 19.0 Å². The first-order valence-electron chi connectivity index (χ1n) is 9.64. The number of benzene rings is 2. The molecule has 0 aliphatic carbocycles. The summed E-state index contributed by atoms with van der Waals surface area (Å²) in [5.74, 6) is 0.293. The molecule has 2 rings (SSSR count). The maximum Gasteiger partial charge on any atom is 0.335 e. The molecule has 0 radical (unpaired) electrons. The Kier molecular flexibility index (Phi) is 9.67. The van der Waals surface area contributed by atoms with Gasteiger partial charge in [0, 0.05) is 32.0 Å². The van der Waals surface area contributed by atoms with E-state index in [1.165, 1.54) is 13.4 Å². The van der Waals surface area contributed by atoms with Gasteiger partial charge >= 0.3 is 5.97 Å².